The number of carbonyl (C=O) groups excluding carboxylic acids is 2. The van der Waals surface area contributed by atoms with Crippen LogP contribution in [0.15, 0.2) is 15.9 Å². The second-order valence-electron chi connectivity index (χ2n) is 5.96. The highest BCUT2D eigenvalue weighted by atomic mass is 16.2. The third kappa shape index (κ3) is 2.55. The first kappa shape index (κ1) is 16.2. The van der Waals surface area contributed by atoms with Gasteiger partial charge >= 0.3 is 5.69 Å². The Kier molecular flexibility index (Phi) is 4.08. The molecule has 3 heterocycles. The largest absolute Gasteiger partial charge is 0.332 e. The molecule has 0 spiro atoms. The zero-order valence-corrected chi connectivity index (χ0v) is 13.7. The number of aryl methyl sites for hydroxylation is 2. The molecule has 9 nitrogen and oxygen atoms in total. The van der Waals surface area contributed by atoms with Crippen LogP contribution >= 0.6 is 0 Å². The Labute approximate surface area is 137 Å². The minimum Gasteiger partial charge on any atom is -0.325 e. The van der Waals surface area contributed by atoms with E-state index in [0.717, 1.165) is 11.0 Å². The van der Waals surface area contributed by atoms with Crippen LogP contribution in [0, 0.1) is 0 Å². The van der Waals surface area contributed by atoms with Crippen molar-refractivity contribution in [3.8, 4) is 0 Å². The third-order valence-corrected chi connectivity index (χ3v) is 4.38. The van der Waals surface area contributed by atoms with Gasteiger partial charge in [-0.2, -0.15) is 0 Å². The molecule has 0 unspecified atom stereocenters. The van der Waals surface area contributed by atoms with Gasteiger partial charge in [-0.1, -0.05) is 0 Å². The maximum atomic E-state index is 12.3. The lowest BCUT2D eigenvalue weighted by molar-refractivity contribution is -0.141. The first-order valence-electron chi connectivity index (χ1n) is 7.86. The van der Waals surface area contributed by atoms with Crippen molar-refractivity contribution in [2.45, 2.75) is 32.2 Å². The van der Waals surface area contributed by atoms with Crippen LogP contribution in [-0.2, 0) is 30.2 Å². The molecule has 1 aliphatic rings. The summed E-state index contributed by atoms with van der Waals surface area (Å²) in [4.78, 5) is 53.2. The molecule has 0 N–H and O–H groups in total. The van der Waals surface area contributed by atoms with Gasteiger partial charge in [0.15, 0.2) is 11.2 Å². The molecule has 0 saturated carbocycles. The molecule has 3 rings (SSSR count). The molecule has 1 aliphatic heterocycles. The van der Waals surface area contributed by atoms with E-state index >= 15 is 0 Å². The monoisotopic (exact) mass is 333 g/mol. The zero-order chi connectivity index (χ0) is 17.4. The van der Waals surface area contributed by atoms with Gasteiger partial charge in [0.25, 0.3) is 5.56 Å². The maximum Gasteiger partial charge on any atom is 0.332 e. The Morgan fingerprint density at radius 2 is 1.96 bits per heavy atom. The van der Waals surface area contributed by atoms with Gasteiger partial charge in [0.2, 0.25) is 11.8 Å². The molecule has 9 heteroatoms. The van der Waals surface area contributed by atoms with E-state index in [1.54, 1.807) is 11.6 Å². The molecule has 0 aliphatic carbocycles. The minimum atomic E-state index is -0.430. The van der Waals surface area contributed by atoms with Crippen molar-refractivity contribution in [3.63, 3.8) is 0 Å². The highest BCUT2D eigenvalue weighted by molar-refractivity contribution is 5.96. The van der Waals surface area contributed by atoms with Crippen LogP contribution in [0.3, 0.4) is 0 Å². The van der Waals surface area contributed by atoms with Crippen LogP contribution in [0.5, 0.6) is 0 Å². The van der Waals surface area contributed by atoms with Gasteiger partial charge in [-0.25, -0.2) is 9.78 Å². The van der Waals surface area contributed by atoms with E-state index < -0.39 is 11.2 Å². The number of hydrogen-bond acceptors (Lipinski definition) is 5. The fraction of sp³-hybridized carbons (Fsp3) is 0.533. The van der Waals surface area contributed by atoms with Gasteiger partial charge in [-0.05, 0) is 12.8 Å². The molecule has 24 heavy (non-hydrogen) atoms. The van der Waals surface area contributed by atoms with E-state index in [1.165, 1.54) is 22.8 Å². The van der Waals surface area contributed by atoms with E-state index in [1.807, 2.05) is 0 Å². The van der Waals surface area contributed by atoms with E-state index in [-0.39, 0.29) is 18.2 Å². The van der Waals surface area contributed by atoms with Crippen molar-refractivity contribution < 1.29 is 9.59 Å². The van der Waals surface area contributed by atoms with E-state index in [4.69, 9.17) is 0 Å². The number of likely N-dealkylation sites (tertiary alicyclic amines) is 1. The van der Waals surface area contributed by atoms with E-state index in [0.29, 0.717) is 37.1 Å². The average Bonchev–Trinajstić information content (AvgIpc) is 3.17. The average molecular weight is 333 g/mol. The quantitative estimate of drug-likeness (QED) is 0.741. The van der Waals surface area contributed by atoms with Gasteiger partial charge in [-0.15, -0.1) is 0 Å². The molecule has 1 fully saturated rings. The van der Waals surface area contributed by atoms with Crippen LogP contribution in [0.1, 0.15) is 25.7 Å². The Morgan fingerprint density at radius 1 is 1.21 bits per heavy atom. The summed E-state index contributed by atoms with van der Waals surface area (Å²) in [5.41, 5.74) is -0.180. The van der Waals surface area contributed by atoms with Crippen molar-refractivity contribution in [2.75, 3.05) is 6.54 Å². The van der Waals surface area contributed by atoms with Crippen LogP contribution < -0.4 is 11.2 Å². The highest BCUT2D eigenvalue weighted by Crippen LogP contribution is 2.13. The second kappa shape index (κ2) is 6.06. The van der Waals surface area contributed by atoms with Crippen LogP contribution in [0.25, 0.3) is 11.2 Å². The molecule has 128 valence electrons. The molecule has 0 bridgehead atoms. The number of hydrogen-bond donors (Lipinski definition) is 0. The smallest absolute Gasteiger partial charge is 0.325 e. The van der Waals surface area contributed by atoms with Gasteiger partial charge in [0.1, 0.15) is 0 Å². The number of rotatable bonds is 4. The predicted octanol–water partition coefficient (Wildman–Crippen LogP) is -0.637. The molecule has 2 aromatic heterocycles. The van der Waals surface area contributed by atoms with Gasteiger partial charge in [0.05, 0.1) is 6.33 Å². The summed E-state index contributed by atoms with van der Waals surface area (Å²) in [7, 11) is 2.98. The van der Waals surface area contributed by atoms with Crippen LogP contribution in [0.4, 0.5) is 0 Å². The zero-order valence-electron chi connectivity index (χ0n) is 13.7. The van der Waals surface area contributed by atoms with Crippen LogP contribution in [0.2, 0.25) is 0 Å². The molecule has 0 aromatic carbocycles. The first-order valence-corrected chi connectivity index (χ1v) is 7.86. The fourth-order valence-corrected chi connectivity index (χ4v) is 3.01. The van der Waals surface area contributed by atoms with Crippen molar-refractivity contribution in [2.24, 2.45) is 14.1 Å². The number of imide groups is 1. The summed E-state index contributed by atoms with van der Waals surface area (Å²) in [5, 5.41) is 0. The number of nitrogens with zero attached hydrogens (tertiary/aromatic N) is 5. The number of fused-ring (bicyclic) bond motifs is 1. The van der Waals surface area contributed by atoms with Crippen molar-refractivity contribution in [1.29, 1.82) is 0 Å². The Balaban J connectivity index is 1.77. The number of aromatic nitrogens is 4. The molecule has 2 aromatic rings. The molecular weight excluding hydrogens is 314 g/mol. The lowest BCUT2D eigenvalue weighted by atomic mass is 10.2. The summed E-state index contributed by atoms with van der Waals surface area (Å²) < 4.78 is 4.01. The lowest BCUT2D eigenvalue weighted by Crippen LogP contribution is -2.37. The molecule has 0 radical (unpaired) electrons. The molecule has 2 amide bonds. The summed E-state index contributed by atoms with van der Waals surface area (Å²) in [6.45, 7) is 0.909. The summed E-state index contributed by atoms with van der Waals surface area (Å²) >= 11 is 0. The summed E-state index contributed by atoms with van der Waals surface area (Å²) in [6.07, 6.45) is 3.37. The predicted molar refractivity (Wildman–Crippen MR) is 85.4 cm³/mol. The SMILES string of the molecule is Cn1c(=O)c2c(ncn2CCCC(=O)N2CCCC2=O)n(C)c1=O. The molecule has 1 saturated heterocycles. The standard InChI is InChI=1S/C15H19N5O4/c1-17-13-12(14(23)18(2)15(17)24)19(9-16-13)7-3-5-10(21)20-8-4-6-11(20)22/h9H,3-8H2,1-2H3. The Morgan fingerprint density at radius 3 is 2.62 bits per heavy atom. The topological polar surface area (TPSA) is 99.2 Å². The number of carbonyl (C=O) groups is 2. The van der Waals surface area contributed by atoms with Crippen molar-refractivity contribution in [1.82, 2.24) is 23.6 Å². The third-order valence-electron chi connectivity index (χ3n) is 4.38. The van der Waals surface area contributed by atoms with Gasteiger partial charge in [0, 0.05) is 40.0 Å². The van der Waals surface area contributed by atoms with Crippen LogP contribution in [-0.4, -0.2) is 41.9 Å². The van der Waals surface area contributed by atoms with Crippen molar-refractivity contribution >= 4 is 23.0 Å². The lowest BCUT2D eigenvalue weighted by Gasteiger charge is -2.13. The number of amides is 2. The summed E-state index contributed by atoms with van der Waals surface area (Å²) in [6, 6.07) is 0. The first-order chi connectivity index (χ1) is 11.4. The second-order valence-corrected chi connectivity index (χ2v) is 5.96. The van der Waals surface area contributed by atoms with Crippen molar-refractivity contribution in [3.05, 3.63) is 27.2 Å². The van der Waals surface area contributed by atoms with Gasteiger partial charge in [-0.3, -0.25) is 28.4 Å². The molecule has 0 atom stereocenters. The normalized spacial score (nSPS) is 14.8. The minimum absolute atomic E-state index is 0.114. The molecular formula is C15H19N5O4. The van der Waals surface area contributed by atoms with E-state index in [2.05, 4.69) is 4.98 Å². The number of imidazole rings is 1. The van der Waals surface area contributed by atoms with Gasteiger partial charge < -0.3 is 4.57 Å². The fourth-order valence-electron chi connectivity index (χ4n) is 3.01. The Bertz CT molecular complexity index is 936. The maximum absolute atomic E-state index is 12.3. The Hall–Kier alpha value is -2.71. The summed E-state index contributed by atoms with van der Waals surface area (Å²) in [5.74, 6) is -0.292. The highest BCUT2D eigenvalue weighted by Gasteiger charge is 2.25. The van der Waals surface area contributed by atoms with E-state index in [9.17, 15) is 19.2 Å².